The zero-order chi connectivity index (χ0) is 16.5. The molecule has 1 nitrogen and oxygen atoms in total. The van der Waals surface area contributed by atoms with Gasteiger partial charge in [-0.25, -0.2) is 5.26 Å². The molecule has 0 saturated heterocycles. The molecule has 3 rings (SSSR count). The first-order valence-electron chi connectivity index (χ1n) is 8.45. The predicted molar refractivity (Wildman–Crippen MR) is 99.8 cm³/mol. The summed E-state index contributed by atoms with van der Waals surface area (Å²) in [6, 6.07) is 19.9. The molecule has 0 atom stereocenters. The Labute approximate surface area is 145 Å². The van der Waals surface area contributed by atoms with Gasteiger partial charge in [0.15, 0.2) is 0 Å². The maximum atomic E-state index is 7.13. The smallest absolute Gasteiger partial charge is 0.0162 e. The van der Waals surface area contributed by atoms with Crippen LogP contribution in [0.2, 0.25) is 0 Å². The Bertz CT molecular complexity index is 605. The largest absolute Gasteiger partial charge is 0.696 e. The third-order valence-electron chi connectivity index (χ3n) is 4.91. The topological polar surface area (TPSA) is 23.8 Å². The molecule has 0 N–H and O–H groups in total. The van der Waals surface area contributed by atoms with Gasteiger partial charge in [-0.1, -0.05) is 73.3 Å². The highest BCUT2D eigenvalue weighted by Gasteiger charge is 2.21. The zero-order valence-electron chi connectivity index (χ0n) is 13.7. The summed E-state index contributed by atoms with van der Waals surface area (Å²) in [4.78, 5) is 0. The molecule has 1 fully saturated rings. The van der Waals surface area contributed by atoms with Crippen LogP contribution in [0, 0.1) is 16.6 Å². The molecule has 1 aliphatic rings. The quantitative estimate of drug-likeness (QED) is 0.507. The first-order valence-corrected chi connectivity index (χ1v) is 8.86. The van der Waals surface area contributed by atoms with E-state index in [0.717, 1.165) is 11.8 Å². The lowest BCUT2D eigenvalue weighted by Gasteiger charge is -2.28. The van der Waals surface area contributed by atoms with Gasteiger partial charge in [-0.3, -0.25) is 0 Å². The molecule has 0 spiro atoms. The maximum absolute atomic E-state index is 7.13. The van der Waals surface area contributed by atoms with Gasteiger partial charge in [-0.2, -0.15) is 0 Å². The molecule has 23 heavy (non-hydrogen) atoms. The van der Waals surface area contributed by atoms with Gasteiger partial charge in [0.05, 0.1) is 0 Å². The summed E-state index contributed by atoms with van der Waals surface area (Å²) < 4.78 is 0. The van der Waals surface area contributed by atoms with E-state index in [1.165, 1.54) is 48.6 Å². The second-order valence-corrected chi connectivity index (χ2v) is 6.39. The molecule has 0 unspecified atom stereocenters. The van der Waals surface area contributed by atoms with Crippen molar-refractivity contribution in [3.8, 4) is 16.5 Å². The first-order chi connectivity index (χ1) is 11.3. The molecule has 1 saturated carbocycles. The molecule has 120 valence electrons. The number of thiocyanates is 1. The summed E-state index contributed by atoms with van der Waals surface area (Å²) in [7, 11) is 0. The summed E-state index contributed by atoms with van der Waals surface area (Å²) in [5, 5.41) is 8.47. The summed E-state index contributed by atoms with van der Waals surface area (Å²) in [5.41, 5.74) is 4.18. The Balaban J connectivity index is 0.000000595. The average Bonchev–Trinajstić information content (AvgIpc) is 2.63. The van der Waals surface area contributed by atoms with E-state index < -0.39 is 0 Å². The lowest BCUT2D eigenvalue weighted by atomic mass is 9.77. The van der Waals surface area contributed by atoms with Crippen molar-refractivity contribution >= 4 is 12.6 Å². The maximum Gasteiger partial charge on any atom is -0.0162 e. The monoisotopic (exact) mass is 322 g/mol. The fourth-order valence-electron chi connectivity index (χ4n) is 3.48. The summed E-state index contributed by atoms with van der Waals surface area (Å²) in [6.07, 6.45) is 6.95. The summed E-state index contributed by atoms with van der Waals surface area (Å²) in [5.74, 6) is 1.78. The fourth-order valence-corrected chi connectivity index (χ4v) is 3.48. The molecule has 0 aromatic heterocycles. The van der Waals surface area contributed by atoms with Crippen LogP contribution in [0.4, 0.5) is 0 Å². The molecular formula is C21H24NS-. The summed E-state index contributed by atoms with van der Waals surface area (Å²) in [6.45, 7) is 2.33. The molecule has 1 aliphatic carbocycles. The number of hydrogen-bond acceptors (Lipinski definition) is 2. The van der Waals surface area contributed by atoms with E-state index in [-0.39, 0.29) is 0 Å². The summed E-state index contributed by atoms with van der Waals surface area (Å²) >= 11 is 3.70. The van der Waals surface area contributed by atoms with Crippen LogP contribution in [0.1, 0.15) is 50.5 Å². The normalized spacial score (nSPS) is 20.0. The van der Waals surface area contributed by atoms with Gasteiger partial charge in [-0.05, 0) is 54.2 Å². The van der Waals surface area contributed by atoms with Gasteiger partial charge in [0.1, 0.15) is 0 Å². The number of hydrogen-bond donors (Lipinski definition) is 0. The average molecular weight is 322 g/mol. The molecule has 0 bridgehead atoms. The van der Waals surface area contributed by atoms with Crippen LogP contribution in [-0.4, -0.2) is 0 Å². The number of benzene rings is 2. The van der Waals surface area contributed by atoms with E-state index in [9.17, 15) is 0 Å². The fraction of sp³-hybridized carbons (Fsp3) is 0.381. The van der Waals surface area contributed by atoms with Crippen molar-refractivity contribution in [2.75, 3.05) is 0 Å². The third-order valence-corrected chi connectivity index (χ3v) is 4.91. The molecule has 0 amide bonds. The van der Waals surface area contributed by atoms with Crippen molar-refractivity contribution in [1.29, 1.82) is 5.26 Å². The van der Waals surface area contributed by atoms with E-state index in [1.54, 1.807) is 5.56 Å². The van der Waals surface area contributed by atoms with Crippen molar-refractivity contribution < 1.29 is 0 Å². The SMILES string of the molecule is CCC1CCC(c2ccc(-c3ccccc3)cc2)CC1.N#C[S-]. The molecule has 2 aromatic carbocycles. The van der Waals surface area contributed by atoms with Crippen LogP contribution in [-0.2, 0) is 12.6 Å². The van der Waals surface area contributed by atoms with Crippen molar-refractivity contribution in [1.82, 2.24) is 0 Å². The zero-order valence-corrected chi connectivity index (χ0v) is 14.6. The predicted octanol–water partition coefficient (Wildman–Crippen LogP) is 6.05. The number of nitriles is 1. The minimum atomic E-state index is 0.794. The van der Waals surface area contributed by atoms with Gasteiger partial charge < -0.3 is 12.6 Å². The Morgan fingerprint density at radius 1 is 0.913 bits per heavy atom. The molecule has 2 heteroatoms. The van der Waals surface area contributed by atoms with Crippen molar-refractivity contribution in [2.24, 2.45) is 5.92 Å². The minimum absolute atomic E-state index is 0.794. The Morgan fingerprint density at radius 3 is 1.96 bits per heavy atom. The van der Waals surface area contributed by atoms with Gasteiger partial charge in [-0.15, -0.1) is 0 Å². The highest BCUT2D eigenvalue weighted by molar-refractivity contribution is 7.64. The van der Waals surface area contributed by atoms with Crippen LogP contribution in [0.5, 0.6) is 0 Å². The van der Waals surface area contributed by atoms with Crippen LogP contribution in [0.25, 0.3) is 11.1 Å². The van der Waals surface area contributed by atoms with Crippen LogP contribution < -0.4 is 0 Å². The van der Waals surface area contributed by atoms with Crippen LogP contribution in [0.3, 0.4) is 0 Å². The molecular weight excluding hydrogens is 298 g/mol. The van der Waals surface area contributed by atoms with Crippen molar-refractivity contribution in [2.45, 2.75) is 44.9 Å². The second-order valence-electron chi connectivity index (χ2n) is 6.21. The lowest BCUT2D eigenvalue weighted by Crippen LogP contribution is -2.12. The standard InChI is InChI=1S/C20H24.CHNS/c1-2-16-8-10-18(11-9-16)20-14-12-19(13-15-20)17-6-4-3-5-7-17;2-1-3/h3-7,12-16,18H,2,8-11H2,1H3;3H/p-1. The molecule has 0 radical (unpaired) electrons. The first kappa shape index (κ1) is 17.5. The lowest BCUT2D eigenvalue weighted by molar-refractivity contribution is 0.319. The van der Waals surface area contributed by atoms with E-state index in [2.05, 4.69) is 74.1 Å². The van der Waals surface area contributed by atoms with E-state index >= 15 is 0 Å². The highest BCUT2D eigenvalue weighted by Crippen LogP contribution is 2.37. The minimum Gasteiger partial charge on any atom is -0.696 e. The van der Waals surface area contributed by atoms with Crippen LogP contribution in [0.15, 0.2) is 54.6 Å². The van der Waals surface area contributed by atoms with E-state index in [0.29, 0.717) is 0 Å². The molecule has 0 heterocycles. The Morgan fingerprint density at radius 2 is 1.43 bits per heavy atom. The van der Waals surface area contributed by atoms with Gasteiger partial charge >= 0.3 is 0 Å². The van der Waals surface area contributed by atoms with Crippen molar-refractivity contribution in [3.05, 3.63) is 60.2 Å². The van der Waals surface area contributed by atoms with Gasteiger partial charge in [0, 0.05) is 0 Å². The van der Waals surface area contributed by atoms with E-state index in [1.807, 2.05) is 0 Å². The second kappa shape index (κ2) is 9.33. The Kier molecular flexibility index (Phi) is 7.10. The van der Waals surface area contributed by atoms with Gasteiger partial charge in [0.2, 0.25) is 0 Å². The highest BCUT2D eigenvalue weighted by atomic mass is 32.1. The van der Waals surface area contributed by atoms with E-state index in [4.69, 9.17) is 5.26 Å². The number of nitrogens with zero attached hydrogens (tertiary/aromatic N) is 1. The Hall–Kier alpha value is -1.85. The van der Waals surface area contributed by atoms with Gasteiger partial charge in [0.25, 0.3) is 0 Å². The molecule has 2 aromatic rings. The van der Waals surface area contributed by atoms with Crippen molar-refractivity contribution in [3.63, 3.8) is 0 Å². The van der Waals surface area contributed by atoms with Crippen LogP contribution >= 0.6 is 0 Å². The molecule has 0 aliphatic heterocycles. The third kappa shape index (κ3) is 5.08. The number of rotatable bonds is 3.